The Balaban J connectivity index is 1.61. The third-order valence-electron chi connectivity index (χ3n) is 5.54. The first-order chi connectivity index (χ1) is 14.6. The van der Waals surface area contributed by atoms with Crippen LogP contribution in [-0.4, -0.2) is 50.8 Å². The van der Waals surface area contributed by atoms with Gasteiger partial charge in [-0.2, -0.15) is 5.10 Å². The molecule has 7 nitrogen and oxygen atoms in total. The van der Waals surface area contributed by atoms with Gasteiger partial charge in [0.1, 0.15) is 11.4 Å². The number of benzene rings is 1. The van der Waals surface area contributed by atoms with Gasteiger partial charge in [-0.1, -0.05) is 18.2 Å². The van der Waals surface area contributed by atoms with Crippen LogP contribution in [-0.2, 0) is 16.6 Å². The third-order valence-corrected chi connectivity index (χ3v) is 5.54. The van der Waals surface area contributed by atoms with Gasteiger partial charge in [-0.05, 0) is 50.1 Å². The van der Waals surface area contributed by atoms with Crippen LogP contribution in [0, 0.1) is 5.92 Å². The molecule has 1 aromatic carbocycles. The first-order valence-electron chi connectivity index (χ1n) is 10.3. The van der Waals surface area contributed by atoms with Crippen molar-refractivity contribution in [3.05, 3.63) is 60.4 Å². The molecule has 1 amide bonds. The smallest absolute Gasteiger partial charge is 0.309 e. The molecule has 0 bridgehead atoms. The predicted molar refractivity (Wildman–Crippen MR) is 113 cm³/mol. The van der Waals surface area contributed by atoms with E-state index in [0.29, 0.717) is 38.2 Å². The first-order valence-corrected chi connectivity index (χ1v) is 10.3. The Labute approximate surface area is 175 Å². The van der Waals surface area contributed by atoms with E-state index in [2.05, 4.69) is 0 Å². The number of likely N-dealkylation sites (tertiary alicyclic amines) is 1. The Kier molecular flexibility index (Phi) is 5.70. The minimum Gasteiger partial charge on any atom is -0.466 e. The molecule has 4 rings (SSSR count). The summed E-state index contributed by atoms with van der Waals surface area (Å²) in [6.45, 7) is 3.26. The second-order valence-electron chi connectivity index (χ2n) is 7.49. The Morgan fingerprint density at radius 3 is 2.47 bits per heavy atom. The molecule has 2 aromatic heterocycles. The minimum absolute atomic E-state index is 0.0749. The van der Waals surface area contributed by atoms with Crippen LogP contribution in [0.2, 0.25) is 0 Å². The van der Waals surface area contributed by atoms with Crippen molar-refractivity contribution in [2.24, 2.45) is 13.0 Å². The van der Waals surface area contributed by atoms with Gasteiger partial charge < -0.3 is 14.2 Å². The van der Waals surface area contributed by atoms with Crippen LogP contribution in [0.15, 0.2) is 54.7 Å². The van der Waals surface area contributed by atoms with Crippen molar-refractivity contribution in [1.82, 2.24) is 19.2 Å². The van der Waals surface area contributed by atoms with E-state index in [4.69, 9.17) is 9.84 Å². The monoisotopic (exact) mass is 406 g/mol. The molecule has 156 valence electrons. The number of para-hydroxylation sites is 1. The number of rotatable bonds is 5. The lowest BCUT2D eigenvalue weighted by atomic mass is 9.97. The van der Waals surface area contributed by atoms with Gasteiger partial charge in [-0.25, -0.2) is 4.68 Å². The molecule has 0 radical (unpaired) electrons. The second kappa shape index (κ2) is 8.57. The van der Waals surface area contributed by atoms with Crippen molar-refractivity contribution in [2.75, 3.05) is 19.7 Å². The van der Waals surface area contributed by atoms with Crippen molar-refractivity contribution in [3.63, 3.8) is 0 Å². The number of aryl methyl sites for hydroxylation is 1. The lowest BCUT2D eigenvalue weighted by molar-refractivity contribution is -0.149. The highest BCUT2D eigenvalue weighted by molar-refractivity contribution is 5.94. The summed E-state index contributed by atoms with van der Waals surface area (Å²) in [4.78, 5) is 27.2. The standard InChI is InChI=1S/C23H26N4O3/c1-3-30-23(29)17-11-14-26(15-12-17)22(28)21-16-19(20-10-7-13-25(20)2)24-27(21)18-8-5-4-6-9-18/h4-10,13,16-17H,3,11-12,14-15H2,1-2H3. The average Bonchev–Trinajstić information content (AvgIpc) is 3.40. The van der Waals surface area contributed by atoms with Crippen LogP contribution < -0.4 is 0 Å². The maximum absolute atomic E-state index is 13.4. The fourth-order valence-corrected chi connectivity index (χ4v) is 3.89. The van der Waals surface area contributed by atoms with Gasteiger partial charge in [-0.3, -0.25) is 9.59 Å². The lowest BCUT2D eigenvalue weighted by Gasteiger charge is -2.30. The van der Waals surface area contributed by atoms with E-state index in [1.54, 1.807) is 9.58 Å². The van der Waals surface area contributed by atoms with Crippen LogP contribution in [0.5, 0.6) is 0 Å². The molecule has 0 unspecified atom stereocenters. The third kappa shape index (κ3) is 3.87. The van der Waals surface area contributed by atoms with Crippen LogP contribution in [0.4, 0.5) is 0 Å². The molecule has 1 fully saturated rings. The fourth-order valence-electron chi connectivity index (χ4n) is 3.89. The maximum Gasteiger partial charge on any atom is 0.309 e. The number of amides is 1. The van der Waals surface area contributed by atoms with Crippen LogP contribution >= 0.6 is 0 Å². The summed E-state index contributed by atoms with van der Waals surface area (Å²) in [5, 5.41) is 4.74. The molecule has 3 heterocycles. The van der Waals surface area contributed by atoms with Crippen molar-refractivity contribution in [3.8, 4) is 17.1 Å². The Morgan fingerprint density at radius 1 is 1.10 bits per heavy atom. The quantitative estimate of drug-likeness (QED) is 0.610. The Morgan fingerprint density at radius 2 is 1.83 bits per heavy atom. The zero-order valence-corrected chi connectivity index (χ0v) is 17.3. The number of esters is 1. The number of aromatic nitrogens is 3. The molecular formula is C23H26N4O3. The maximum atomic E-state index is 13.4. The zero-order valence-electron chi connectivity index (χ0n) is 17.3. The number of ether oxygens (including phenoxy) is 1. The summed E-state index contributed by atoms with van der Waals surface area (Å²) >= 11 is 0. The summed E-state index contributed by atoms with van der Waals surface area (Å²) in [5.41, 5.74) is 3.05. The van der Waals surface area contributed by atoms with E-state index in [0.717, 1.165) is 17.1 Å². The summed E-state index contributed by atoms with van der Waals surface area (Å²) < 4.78 is 8.83. The van der Waals surface area contributed by atoms with Gasteiger partial charge in [-0.15, -0.1) is 0 Å². The fraction of sp³-hybridized carbons (Fsp3) is 0.348. The average molecular weight is 406 g/mol. The van der Waals surface area contributed by atoms with E-state index >= 15 is 0 Å². The van der Waals surface area contributed by atoms with E-state index in [1.807, 2.05) is 73.3 Å². The lowest BCUT2D eigenvalue weighted by Crippen LogP contribution is -2.41. The highest BCUT2D eigenvalue weighted by Crippen LogP contribution is 2.25. The number of piperidine rings is 1. The number of carbonyl (C=O) groups is 2. The number of hydrogen-bond acceptors (Lipinski definition) is 4. The molecule has 0 atom stereocenters. The van der Waals surface area contributed by atoms with Crippen LogP contribution in [0.25, 0.3) is 17.1 Å². The van der Waals surface area contributed by atoms with Crippen molar-refractivity contribution < 1.29 is 14.3 Å². The molecule has 0 saturated carbocycles. The summed E-state index contributed by atoms with van der Waals surface area (Å²) in [7, 11) is 1.96. The molecule has 0 spiro atoms. The number of hydrogen-bond donors (Lipinski definition) is 0. The van der Waals surface area contributed by atoms with Gasteiger partial charge in [0.25, 0.3) is 5.91 Å². The van der Waals surface area contributed by atoms with E-state index in [-0.39, 0.29) is 17.8 Å². The minimum atomic E-state index is -0.162. The van der Waals surface area contributed by atoms with Gasteiger partial charge in [0.05, 0.1) is 23.9 Å². The second-order valence-corrected chi connectivity index (χ2v) is 7.49. The normalized spacial score (nSPS) is 14.7. The SMILES string of the molecule is CCOC(=O)C1CCN(C(=O)c2cc(-c3cccn3C)nn2-c2ccccc2)CC1. The van der Waals surface area contributed by atoms with E-state index in [9.17, 15) is 9.59 Å². The van der Waals surface area contributed by atoms with Gasteiger partial charge in [0, 0.05) is 26.3 Å². The largest absolute Gasteiger partial charge is 0.466 e. The number of nitrogens with zero attached hydrogens (tertiary/aromatic N) is 4. The summed E-state index contributed by atoms with van der Waals surface area (Å²) in [5.74, 6) is -0.369. The zero-order chi connectivity index (χ0) is 21.1. The highest BCUT2D eigenvalue weighted by Gasteiger charge is 2.30. The van der Waals surface area contributed by atoms with Gasteiger partial charge in [0.15, 0.2) is 0 Å². The van der Waals surface area contributed by atoms with Crippen molar-refractivity contribution >= 4 is 11.9 Å². The van der Waals surface area contributed by atoms with Gasteiger partial charge >= 0.3 is 5.97 Å². The Bertz CT molecular complexity index is 1030. The van der Waals surface area contributed by atoms with Crippen molar-refractivity contribution in [1.29, 1.82) is 0 Å². The highest BCUT2D eigenvalue weighted by atomic mass is 16.5. The predicted octanol–water partition coefficient (Wildman–Crippen LogP) is 3.29. The van der Waals surface area contributed by atoms with E-state index < -0.39 is 0 Å². The first kappa shape index (κ1) is 19.9. The van der Waals surface area contributed by atoms with Crippen molar-refractivity contribution in [2.45, 2.75) is 19.8 Å². The van der Waals surface area contributed by atoms with Crippen LogP contribution in [0.1, 0.15) is 30.3 Å². The molecular weight excluding hydrogens is 380 g/mol. The summed E-state index contributed by atoms with van der Waals surface area (Å²) in [6, 6.07) is 15.5. The Hall–Kier alpha value is -3.35. The topological polar surface area (TPSA) is 69.4 Å². The molecule has 3 aromatic rings. The molecule has 1 aliphatic heterocycles. The molecule has 0 aliphatic carbocycles. The number of carbonyl (C=O) groups excluding carboxylic acids is 2. The molecule has 30 heavy (non-hydrogen) atoms. The summed E-state index contributed by atoms with van der Waals surface area (Å²) in [6.07, 6.45) is 3.20. The molecule has 0 N–H and O–H groups in total. The molecule has 7 heteroatoms. The van der Waals surface area contributed by atoms with Gasteiger partial charge in [0.2, 0.25) is 0 Å². The molecule has 1 saturated heterocycles. The van der Waals surface area contributed by atoms with E-state index in [1.165, 1.54) is 0 Å². The molecule has 1 aliphatic rings. The van der Waals surface area contributed by atoms with Crippen LogP contribution in [0.3, 0.4) is 0 Å².